The lowest BCUT2D eigenvalue weighted by molar-refractivity contribution is -0.130. The average molecular weight is 329 g/mol. The highest BCUT2D eigenvalue weighted by Crippen LogP contribution is 2.44. The summed E-state index contributed by atoms with van der Waals surface area (Å²) in [6.07, 6.45) is 8.11. The molecule has 0 aromatic heterocycles. The van der Waals surface area contributed by atoms with E-state index in [0.717, 1.165) is 26.0 Å². The summed E-state index contributed by atoms with van der Waals surface area (Å²) in [5, 5.41) is 0. The van der Waals surface area contributed by atoms with Crippen LogP contribution in [0.15, 0.2) is 24.3 Å². The van der Waals surface area contributed by atoms with Gasteiger partial charge < -0.3 is 9.64 Å². The smallest absolute Gasteiger partial charge is 0.222 e. The van der Waals surface area contributed by atoms with Gasteiger partial charge >= 0.3 is 0 Å². The largest absolute Gasteiger partial charge is 0.378 e. The number of benzene rings is 1. The summed E-state index contributed by atoms with van der Waals surface area (Å²) in [6, 6.07) is 8.75. The first-order chi connectivity index (χ1) is 11.6. The Morgan fingerprint density at radius 1 is 1.21 bits per heavy atom. The maximum absolute atomic E-state index is 12.7. The highest BCUT2D eigenvalue weighted by atomic mass is 16.5. The van der Waals surface area contributed by atoms with E-state index in [-0.39, 0.29) is 5.91 Å². The number of ether oxygens (including phenoxy) is 1. The Morgan fingerprint density at radius 3 is 2.58 bits per heavy atom. The van der Waals surface area contributed by atoms with Crippen LogP contribution in [-0.2, 0) is 9.53 Å². The fourth-order valence-electron chi connectivity index (χ4n) is 3.71. The number of carbonyl (C=O) groups is 1. The molecule has 1 saturated heterocycles. The van der Waals surface area contributed by atoms with E-state index in [9.17, 15) is 4.79 Å². The average Bonchev–Trinajstić information content (AvgIpc) is 3.44. The number of aryl methyl sites for hydroxylation is 1. The molecule has 1 amide bonds. The van der Waals surface area contributed by atoms with E-state index < -0.39 is 0 Å². The van der Waals surface area contributed by atoms with Crippen molar-refractivity contribution >= 4 is 5.91 Å². The van der Waals surface area contributed by atoms with Gasteiger partial charge in [-0.15, -0.1) is 0 Å². The predicted molar refractivity (Wildman–Crippen MR) is 97.1 cm³/mol. The van der Waals surface area contributed by atoms with E-state index >= 15 is 0 Å². The lowest BCUT2D eigenvalue weighted by Crippen LogP contribution is -2.32. The lowest BCUT2D eigenvalue weighted by atomic mass is 9.90. The zero-order valence-corrected chi connectivity index (χ0v) is 15.2. The van der Waals surface area contributed by atoms with Gasteiger partial charge in [0.05, 0.1) is 6.10 Å². The highest BCUT2D eigenvalue weighted by Gasteiger charge is 2.34. The number of carbonyl (C=O) groups excluding carboxylic acids is 1. The van der Waals surface area contributed by atoms with Crippen molar-refractivity contribution in [2.24, 2.45) is 5.92 Å². The molecule has 1 aromatic rings. The minimum atomic E-state index is 0.281. The van der Waals surface area contributed by atoms with Crippen LogP contribution in [0.25, 0.3) is 0 Å². The van der Waals surface area contributed by atoms with E-state index in [1.54, 1.807) is 0 Å². The molecule has 0 spiro atoms. The van der Waals surface area contributed by atoms with Crippen molar-refractivity contribution in [1.82, 2.24) is 4.90 Å². The third-order valence-electron chi connectivity index (χ3n) is 5.58. The van der Waals surface area contributed by atoms with Crippen molar-refractivity contribution in [1.29, 1.82) is 0 Å². The number of hydrogen-bond acceptors (Lipinski definition) is 2. The summed E-state index contributed by atoms with van der Waals surface area (Å²) in [4.78, 5) is 14.6. The monoisotopic (exact) mass is 329 g/mol. The Bertz CT molecular complexity index is 529. The third kappa shape index (κ3) is 4.83. The SMILES string of the molecule is Cc1ccc(C(CC(=O)N(C)CCC2CCCCO2)C2CC2)cc1. The second-order valence-corrected chi connectivity index (χ2v) is 7.65. The number of hydrogen-bond donors (Lipinski definition) is 0. The first-order valence-electron chi connectivity index (χ1n) is 9.55. The number of nitrogens with zero attached hydrogens (tertiary/aromatic N) is 1. The molecule has 3 nitrogen and oxygen atoms in total. The second-order valence-electron chi connectivity index (χ2n) is 7.65. The van der Waals surface area contributed by atoms with Gasteiger partial charge in [0.2, 0.25) is 5.91 Å². The van der Waals surface area contributed by atoms with E-state index in [0.29, 0.717) is 24.4 Å². The van der Waals surface area contributed by atoms with Crippen LogP contribution in [-0.4, -0.2) is 37.1 Å². The van der Waals surface area contributed by atoms with Crippen molar-refractivity contribution in [2.45, 2.75) is 63.9 Å². The van der Waals surface area contributed by atoms with Crippen molar-refractivity contribution in [2.75, 3.05) is 20.2 Å². The van der Waals surface area contributed by atoms with E-state index in [4.69, 9.17) is 4.74 Å². The maximum atomic E-state index is 12.7. The van der Waals surface area contributed by atoms with Crippen molar-refractivity contribution < 1.29 is 9.53 Å². The first-order valence-corrected chi connectivity index (χ1v) is 9.55. The molecule has 3 heteroatoms. The van der Waals surface area contributed by atoms with E-state index in [1.807, 2.05) is 11.9 Å². The van der Waals surface area contributed by atoms with Crippen LogP contribution in [0, 0.1) is 12.8 Å². The molecular weight excluding hydrogens is 298 g/mol. The maximum Gasteiger partial charge on any atom is 0.222 e. The van der Waals surface area contributed by atoms with Gasteiger partial charge in [0.25, 0.3) is 0 Å². The van der Waals surface area contributed by atoms with E-state index in [2.05, 4.69) is 31.2 Å². The summed E-state index contributed by atoms with van der Waals surface area (Å²) in [5.41, 5.74) is 2.62. The molecule has 2 unspecified atom stereocenters. The van der Waals surface area contributed by atoms with Gasteiger partial charge in [0, 0.05) is 26.6 Å². The van der Waals surface area contributed by atoms with Gasteiger partial charge in [-0.1, -0.05) is 29.8 Å². The van der Waals surface area contributed by atoms with Gasteiger partial charge in [0.15, 0.2) is 0 Å². The summed E-state index contributed by atoms with van der Waals surface area (Å²) >= 11 is 0. The van der Waals surface area contributed by atoms with Crippen LogP contribution >= 0.6 is 0 Å². The summed E-state index contributed by atoms with van der Waals surface area (Å²) in [6.45, 7) is 3.82. The number of rotatable bonds is 7. The molecule has 24 heavy (non-hydrogen) atoms. The summed E-state index contributed by atoms with van der Waals surface area (Å²) in [7, 11) is 1.95. The molecule has 132 valence electrons. The zero-order chi connectivity index (χ0) is 16.9. The Labute approximate surface area is 146 Å². The first kappa shape index (κ1) is 17.5. The van der Waals surface area contributed by atoms with Crippen molar-refractivity contribution in [3.05, 3.63) is 35.4 Å². The Morgan fingerprint density at radius 2 is 1.96 bits per heavy atom. The van der Waals surface area contributed by atoms with Gasteiger partial charge in [0.1, 0.15) is 0 Å². The Balaban J connectivity index is 1.52. The van der Waals surface area contributed by atoms with Gasteiger partial charge in [-0.3, -0.25) is 4.79 Å². The van der Waals surface area contributed by atoms with Crippen molar-refractivity contribution in [3.63, 3.8) is 0 Å². The number of amides is 1. The molecule has 0 bridgehead atoms. The van der Waals surface area contributed by atoms with Gasteiger partial charge in [-0.05, 0) is 62.8 Å². The predicted octanol–water partition coefficient (Wildman–Crippen LogP) is 4.30. The molecule has 0 radical (unpaired) electrons. The molecule has 1 aliphatic carbocycles. The van der Waals surface area contributed by atoms with Crippen LogP contribution in [0.5, 0.6) is 0 Å². The van der Waals surface area contributed by atoms with Gasteiger partial charge in [-0.25, -0.2) is 0 Å². The topological polar surface area (TPSA) is 29.5 Å². The Hall–Kier alpha value is -1.35. The molecule has 0 N–H and O–H groups in total. The lowest BCUT2D eigenvalue weighted by Gasteiger charge is -2.26. The molecule has 1 saturated carbocycles. The molecule has 2 fully saturated rings. The fraction of sp³-hybridized carbons (Fsp3) is 0.667. The highest BCUT2D eigenvalue weighted by molar-refractivity contribution is 5.77. The molecule has 1 aromatic carbocycles. The fourth-order valence-corrected chi connectivity index (χ4v) is 3.71. The minimum absolute atomic E-state index is 0.281. The van der Waals surface area contributed by atoms with Crippen LogP contribution < -0.4 is 0 Å². The standard InChI is InChI=1S/C21H31NO2/c1-16-6-8-17(9-7-16)20(18-10-11-18)15-21(23)22(2)13-12-19-5-3-4-14-24-19/h6-9,18-20H,3-5,10-15H2,1-2H3. The normalized spacial score (nSPS) is 22.2. The van der Waals surface area contributed by atoms with Crippen LogP contribution in [0.2, 0.25) is 0 Å². The van der Waals surface area contributed by atoms with Crippen molar-refractivity contribution in [3.8, 4) is 0 Å². The van der Waals surface area contributed by atoms with Crippen LogP contribution in [0.4, 0.5) is 0 Å². The molecule has 3 rings (SSSR count). The third-order valence-corrected chi connectivity index (χ3v) is 5.58. The quantitative estimate of drug-likeness (QED) is 0.746. The molecular formula is C21H31NO2. The van der Waals surface area contributed by atoms with Gasteiger partial charge in [-0.2, -0.15) is 0 Å². The Kier molecular flexibility index (Phi) is 5.94. The molecule has 1 heterocycles. The zero-order valence-electron chi connectivity index (χ0n) is 15.2. The van der Waals surface area contributed by atoms with Crippen LogP contribution in [0.3, 0.4) is 0 Å². The van der Waals surface area contributed by atoms with Crippen LogP contribution in [0.1, 0.15) is 62.0 Å². The summed E-state index contributed by atoms with van der Waals surface area (Å²) < 4.78 is 5.78. The molecule has 1 aliphatic heterocycles. The minimum Gasteiger partial charge on any atom is -0.378 e. The van der Waals surface area contributed by atoms with E-state index in [1.165, 1.54) is 36.8 Å². The molecule has 2 aliphatic rings. The summed E-state index contributed by atoms with van der Waals surface area (Å²) in [5.74, 6) is 1.38. The molecule has 2 atom stereocenters. The second kappa shape index (κ2) is 8.15.